The van der Waals surface area contributed by atoms with Gasteiger partial charge in [0.05, 0.1) is 12.7 Å². The molecule has 0 bridgehead atoms. The minimum Gasteiger partial charge on any atom is -0.494 e. The lowest BCUT2D eigenvalue weighted by Crippen LogP contribution is -2.31. The molecular weight excluding hydrogens is 250 g/mol. The van der Waals surface area contributed by atoms with Crippen molar-refractivity contribution < 1.29 is 9.53 Å². The standard InChI is InChI=1S/C17H21NO2/c1-16(2)10-11-17(13-18,15(16)19)9-6-12-20-14-7-4-3-5-8-14/h3-5,7-8H,6,9-12H2,1-2H3. The lowest BCUT2D eigenvalue weighted by molar-refractivity contribution is -0.130. The van der Waals surface area contributed by atoms with Crippen molar-refractivity contribution in [1.29, 1.82) is 5.26 Å². The van der Waals surface area contributed by atoms with Crippen LogP contribution in [0.4, 0.5) is 0 Å². The van der Waals surface area contributed by atoms with Crippen molar-refractivity contribution >= 4 is 5.78 Å². The first-order valence-corrected chi connectivity index (χ1v) is 7.14. The fourth-order valence-electron chi connectivity index (χ4n) is 2.88. The molecule has 1 fully saturated rings. The molecule has 20 heavy (non-hydrogen) atoms. The van der Waals surface area contributed by atoms with Crippen molar-refractivity contribution in [2.75, 3.05) is 6.61 Å². The summed E-state index contributed by atoms with van der Waals surface area (Å²) in [6.07, 6.45) is 2.81. The zero-order chi connectivity index (χ0) is 14.6. The quantitative estimate of drug-likeness (QED) is 0.766. The highest BCUT2D eigenvalue weighted by Crippen LogP contribution is 2.47. The first-order valence-electron chi connectivity index (χ1n) is 7.14. The van der Waals surface area contributed by atoms with Gasteiger partial charge in [0.1, 0.15) is 11.2 Å². The van der Waals surface area contributed by atoms with E-state index in [1.54, 1.807) is 0 Å². The van der Waals surface area contributed by atoms with Crippen LogP contribution in [0.1, 0.15) is 39.5 Å². The first-order chi connectivity index (χ1) is 9.50. The number of nitrogens with zero attached hydrogens (tertiary/aromatic N) is 1. The summed E-state index contributed by atoms with van der Waals surface area (Å²) in [5, 5.41) is 9.42. The molecule has 0 aliphatic heterocycles. The fraction of sp³-hybridized carbons (Fsp3) is 0.529. The third-order valence-electron chi connectivity index (χ3n) is 4.20. The topological polar surface area (TPSA) is 50.1 Å². The van der Waals surface area contributed by atoms with E-state index in [9.17, 15) is 10.1 Å². The summed E-state index contributed by atoms with van der Waals surface area (Å²) in [7, 11) is 0. The SMILES string of the molecule is CC1(C)CCC(C#N)(CCCOc2ccccc2)C1=O. The third kappa shape index (κ3) is 2.85. The number of carbonyl (C=O) groups is 1. The maximum atomic E-state index is 12.4. The van der Waals surface area contributed by atoms with Crippen molar-refractivity contribution in [2.45, 2.75) is 39.5 Å². The molecule has 1 aliphatic carbocycles. The predicted molar refractivity (Wildman–Crippen MR) is 77.2 cm³/mol. The first kappa shape index (κ1) is 14.6. The number of nitriles is 1. The van der Waals surface area contributed by atoms with Crippen molar-refractivity contribution in [3.63, 3.8) is 0 Å². The Kier molecular flexibility index (Phi) is 4.13. The van der Waals surface area contributed by atoms with Crippen LogP contribution in [0.3, 0.4) is 0 Å². The molecule has 1 atom stereocenters. The van der Waals surface area contributed by atoms with E-state index in [0.29, 0.717) is 19.4 Å². The van der Waals surface area contributed by atoms with Crippen molar-refractivity contribution in [1.82, 2.24) is 0 Å². The third-order valence-corrected chi connectivity index (χ3v) is 4.20. The van der Waals surface area contributed by atoms with Crippen LogP contribution in [0, 0.1) is 22.2 Å². The van der Waals surface area contributed by atoms with Gasteiger partial charge in [-0.15, -0.1) is 0 Å². The number of hydrogen-bond acceptors (Lipinski definition) is 3. The van der Waals surface area contributed by atoms with Crippen LogP contribution in [0.15, 0.2) is 30.3 Å². The smallest absolute Gasteiger partial charge is 0.158 e. The highest BCUT2D eigenvalue weighted by atomic mass is 16.5. The van der Waals surface area contributed by atoms with E-state index in [-0.39, 0.29) is 11.2 Å². The number of hydrogen-bond donors (Lipinski definition) is 0. The van der Waals surface area contributed by atoms with Crippen LogP contribution >= 0.6 is 0 Å². The molecule has 3 heteroatoms. The van der Waals surface area contributed by atoms with Crippen LogP contribution in [0.25, 0.3) is 0 Å². The minimum absolute atomic E-state index is 0.104. The van der Waals surface area contributed by atoms with E-state index in [4.69, 9.17) is 4.74 Å². The molecule has 0 amide bonds. The molecule has 106 valence electrons. The highest BCUT2D eigenvalue weighted by molar-refractivity contribution is 5.94. The van der Waals surface area contributed by atoms with E-state index < -0.39 is 5.41 Å². The van der Waals surface area contributed by atoms with Gasteiger partial charge in [-0.2, -0.15) is 5.26 Å². The Bertz CT molecular complexity index is 516. The summed E-state index contributed by atoms with van der Waals surface area (Å²) in [4.78, 5) is 12.4. The van der Waals surface area contributed by atoms with Gasteiger partial charge in [-0.3, -0.25) is 4.79 Å². The van der Waals surface area contributed by atoms with Crippen molar-refractivity contribution in [3.8, 4) is 11.8 Å². The second kappa shape index (κ2) is 5.66. The molecule has 1 aliphatic rings. The van der Waals surface area contributed by atoms with Gasteiger partial charge in [0.25, 0.3) is 0 Å². The Morgan fingerprint density at radius 2 is 1.95 bits per heavy atom. The zero-order valence-electron chi connectivity index (χ0n) is 12.2. The lowest BCUT2D eigenvalue weighted by Gasteiger charge is -2.22. The second-order valence-corrected chi connectivity index (χ2v) is 6.17. The normalized spacial score (nSPS) is 24.4. The molecule has 0 aromatic heterocycles. The van der Waals surface area contributed by atoms with E-state index in [1.165, 1.54) is 0 Å². The zero-order valence-corrected chi connectivity index (χ0v) is 12.2. The summed E-state index contributed by atoms with van der Waals surface area (Å²) >= 11 is 0. The molecule has 1 aromatic rings. The summed E-state index contributed by atoms with van der Waals surface area (Å²) in [6.45, 7) is 4.42. The van der Waals surface area contributed by atoms with Crippen LogP contribution in [-0.2, 0) is 4.79 Å². The van der Waals surface area contributed by atoms with Gasteiger partial charge in [-0.1, -0.05) is 32.0 Å². The predicted octanol–water partition coefficient (Wildman–Crippen LogP) is 3.74. The maximum absolute atomic E-state index is 12.4. The largest absolute Gasteiger partial charge is 0.494 e. The second-order valence-electron chi connectivity index (χ2n) is 6.17. The van der Waals surface area contributed by atoms with Gasteiger partial charge in [0, 0.05) is 5.41 Å². The highest BCUT2D eigenvalue weighted by Gasteiger charge is 2.51. The molecule has 3 nitrogen and oxygen atoms in total. The van der Waals surface area contributed by atoms with Gasteiger partial charge in [-0.25, -0.2) is 0 Å². The van der Waals surface area contributed by atoms with E-state index in [2.05, 4.69) is 6.07 Å². The molecule has 0 spiro atoms. The molecule has 1 saturated carbocycles. The lowest BCUT2D eigenvalue weighted by atomic mass is 9.78. The van der Waals surface area contributed by atoms with Crippen molar-refractivity contribution in [2.24, 2.45) is 10.8 Å². The van der Waals surface area contributed by atoms with E-state index >= 15 is 0 Å². The molecule has 1 aromatic carbocycles. The molecule has 0 radical (unpaired) electrons. The Morgan fingerprint density at radius 1 is 1.25 bits per heavy atom. The number of ether oxygens (including phenoxy) is 1. The molecule has 1 unspecified atom stereocenters. The van der Waals surface area contributed by atoms with Crippen molar-refractivity contribution in [3.05, 3.63) is 30.3 Å². The summed E-state index contributed by atoms with van der Waals surface area (Å²) in [6, 6.07) is 11.9. The molecule has 0 saturated heterocycles. The number of rotatable bonds is 5. The number of benzene rings is 1. The fourth-order valence-corrected chi connectivity index (χ4v) is 2.88. The van der Waals surface area contributed by atoms with E-state index in [1.807, 2.05) is 44.2 Å². The Balaban J connectivity index is 1.87. The summed E-state index contributed by atoms with van der Waals surface area (Å²) in [5.74, 6) is 0.934. The van der Waals surface area contributed by atoms with Gasteiger partial charge in [-0.05, 0) is 37.8 Å². The number of para-hydroxylation sites is 1. The molecular formula is C17H21NO2. The van der Waals surface area contributed by atoms with Gasteiger partial charge in [0.2, 0.25) is 0 Å². The number of Topliss-reactive ketones (excluding diaryl/α,β-unsaturated/α-hetero) is 1. The average molecular weight is 271 g/mol. The maximum Gasteiger partial charge on any atom is 0.158 e. The Morgan fingerprint density at radius 3 is 2.50 bits per heavy atom. The average Bonchev–Trinajstić information content (AvgIpc) is 2.69. The summed E-state index contributed by atoms with van der Waals surface area (Å²) < 4.78 is 5.62. The van der Waals surface area contributed by atoms with E-state index in [0.717, 1.165) is 18.6 Å². The van der Waals surface area contributed by atoms with Crippen LogP contribution in [0.5, 0.6) is 5.75 Å². The van der Waals surface area contributed by atoms with Gasteiger partial charge >= 0.3 is 0 Å². The molecule has 2 rings (SSSR count). The Hall–Kier alpha value is -1.82. The number of carbonyl (C=O) groups excluding carboxylic acids is 1. The molecule has 0 heterocycles. The van der Waals surface area contributed by atoms with Crippen LogP contribution in [-0.4, -0.2) is 12.4 Å². The van der Waals surface area contributed by atoms with Gasteiger partial charge in [0.15, 0.2) is 5.78 Å². The molecule has 0 N–H and O–H groups in total. The summed E-state index contributed by atoms with van der Waals surface area (Å²) in [5.41, 5.74) is -1.14. The Labute approximate surface area is 120 Å². The van der Waals surface area contributed by atoms with Gasteiger partial charge < -0.3 is 4.74 Å². The van der Waals surface area contributed by atoms with Crippen LogP contribution in [0.2, 0.25) is 0 Å². The minimum atomic E-state index is -0.788. The monoisotopic (exact) mass is 271 g/mol. The van der Waals surface area contributed by atoms with Crippen LogP contribution < -0.4 is 4.74 Å². The number of ketones is 1.